The Morgan fingerprint density at radius 2 is 1.63 bits per heavy atom. The van der Waals surface area contributed by atoms with Gasteiger partial charge in [0.2, 0.25) is 16.0 Å². The number of rotatable bonds is 7. The van der Waals surface area contributed by atoms with Crippen LogP contribution in [0.25, 0.3) is 0 Å². The molecule has 0 bridgehead atoms. The van der Waals surface area contributed by atoms with Crippen LogP contribution in [-0.4, -0.2) is 48.2 Å². The Morgan fingerprint density at radius 3 is 2.29 bits per heavy atom. The maximum absolute atomic E-state index is 15.0. The van der Waals surface area contributed by atoms with Gasteiger partial charge in [-0.3, -0.25) is 4.72 Å². The van der Waals surface area contributed by atoms with Gasteiger partial charge in [0.05, 0.1) is 10.4 Å². The summed E-state index contributed by atoms with van der Waals surface area (Å²) >= 11 is 0. The fourth-order valence-corrected chi connectivity index (χ4v) is 5.07. The van der Waals surface area contributed by atoms with Crippen LogP contribution in [0.2, 0.25) is 0 Å². The second-order valence-electron chi connectivity index (χ2n) is 11.0. The van der Waals surface area contributed by atoms with E-state index in [4.69, 9.17) is 0 Å². The maximum Gasteiger partial charge on any atom is 0.237 e. The maximum atomic E-state index is 15.0. The molecule has 38 heavy (non-hydrogen) atoms. The quantitative estimate of drug-likeness (QED) is 0.335. The number of halogens is 1. The predicted octanol–water partition coefficient (Wildman–Crippen LogP) is 6.07. The summed E-state index contributed by atoms with van der Waals surface area (Å²) in [7, 11) is -1.48. The molecule has 0 unspecified atom stereocenters. The number of aryl methyl sites for hydroxylation is 2. The fourth-order valence-electron chi connectivity index (χ4n) is 4.26. The third kappa shape index (κ3) is 6.42. The summed E-state index contributed by atoms with van der Waals surface area (Å²) in [4.78, 5) is 11.2. The summed E-state index contributed by atoms with van der Waals surface area (Å²) in [6.07, 6.45) is 3.59. The SMILES string of the molecule is Cc1ccc(Nc2nc(Nc3ccc(C4CCN(C)CC4)c(F)c3)ncc2C)cc1NS(=O)(=O)C(C)(C)C. The summed E-state index contributed by atoms with van der Waals surface area (Å²) in [5.74, 6) is 0.892. The molecule has 0 saturated carbocycles. The molecule has 0 amide bonds. The third-order valence-electron chi connectivity index (χ3n) is 6.94. The molecule has 3 N–H and O–H groups in total. The Bertz CT molecular complexity index is 1410. The van der Waals surface area contributed by atoms with E-state index in [1.165, 1.54) is 6.07 Å². The molecular weight excluding hydrogens is 503 g/mol. The van der Waals surface area contributed by atoms with Crippen molar-refractivity contribution < 1.29 is 12.8 Å². The monoisotopic (exact) mass is 540 g/mol. The lowest BCUT2D eigenvalue weighted by atomic mass is 9.89. The van der Waals surface area contributed by atoms with Crippen LogP contribution in [0.1, 0.15) is 56.2 Å². The van der Waals surface area contributed by atoms with Crippen molar-refractivity contribution >= 4 is 38.9 Å². The third-order valence-corrected chi connectivity index (χ3v) is 9.04. The molecule has 2 heterocycles. The normalized spacial score (nSPS) is 15.3. The van der Waals surface area contributed by atoms with E-state index >= 15 is 0 Å². The zero-order valence-electron chi connectivity index (χ0n) is 22.9. The lowest BCUT2D eigenvalue weighted by molar-refractivity contribution is 0.253. The van der Waals surface area contributed by atoms with Crippen molar-refractivity contribution in [2.75, 3.05) is 35.5 Å². The highest BCUT2D eigenvalue weighted by Crippen LogP contribution is 2.32. The van der Waals surface area contributed by atoms with Crippen LogP contribution in [0.3, 0.4) is 0 Å². The van der Waals surface area contributed by atoms with E-state index in [0.29, 0.717) is 28.8 Å². The van der Waals surface area contributed by atoms with Gasteiger partial charge in [0.1, 0.15) is 11.6 Å². The number of anilines is 5. The van der Waals surface area contributed by atoms with Crippen molar-refractivity contribution in [1.29, 1.82) is 0 Å². The molecule has 2 aromatic carbocycles. The number of hydrogen-bond donors (Lipinski definition) is 3. The fraction of sp³-hybridized carbons (Fsp3) is 0.429. The van der Waals surface area contributed by atoms with Gasteiger partial charge in [0.25, 0.3) is 0 Å². The average Bonchev–Trinajstić information content (AvgIpc) is 2.83. The number of hydrogen-bond acceptors (Lipinski definition) is 7. The first-order valence-corrected chi connectivity index (χ1v) is 14.3. The topological polar surface area (TPSA) is 99.2 Å². The highest BCUT2D eigenvalue weighted by Gasteiger charge is 2.29. The van der Waals surface area contributed by atoms with Crippen molar-refractivity contribution in [1.82, 2.24) is 14.9 Å². The molecule has 0 spiro atoms. The largest absolute Gasteiger partial charge is 0.340 e. The minimum atomic E-state index is -3.58. The van der Waals surface area contributed by atoms with Crippen LogP contribution < -0.4 is 15.4 Å². The molecule has 8 nitrogen and oxygen atoms in total. The smallest absolute Gasteiger partial charge is 0.237 e. The van der Waals surface area contributed by atoms with E-state index in [9.17, 15) is 12.8 Å². The average molecular weight is 541 g/mol. The predicted molar refractivity (Wildman–Crippen MR) is 153 cm³/mol. The zero-order chi connectivity index (χ0) is 27.7. The first-order chi connectivity index (χ1) is 17.8. The van der Waals surface area contributed by atoms with Crippen LogP contribution in [-0.2, 0) is 10.0 Å². The first-order valence-electron chi connectivity index (χ1n) is 12.8. The van der Waals surface area contributed by atoms with Gasteiger partial charge in [-0.25, -0.2) is 17.8 Å². The molecule has 1 fully saturated rings. The number of sulfonamides is 1. The van der Waals surface area contributed by atoms with Crippen molar-refractivity contribution in [2.45, 2.75) is 58.1 Å². The molecule has 1 aliphatic rings. The lowest BCUT2D eigenvalue weighted by Crippen LogP contribution is -2.33. The Morgan fingerprint density at radius 1 is 0.974 bits per heavy atom. The van der Waals surface area contributed by atoms with Gasteiger partial charge < -0.3 is 15.5 Å². The summed E-state index contributed by atoms with van der Waals surface area (Å²) in [5.41, 5.74) is 4.10. The van der Waals surface area contributed by atoms with Gasteiger partial charge in [0.15, 0.2) is 0 Å². The van der Waals surface area contributed by atoms with E-state index in [2.05, 4.69) is 37.3 Å². The van der Waals surface area contributed by atoms with Crippen LogP contribution in [0, 0.1) is 19.7 Å². The number of nitrogens with one attached hydrogen (secondary N) is 3. The Balaban J connectivity index is 1.51. The number of benzene rings is 2. The minimum Gasteiger partial charge on any atom is -0.340 e. The van der Waals surface area contributed by atoms with E-state index < -0.39 is 14.8 Å². The van der Waals surface area contributed by atoms with Crippen molar-refractivity contribution in [3.8, 4) is 0 Å². The van der Waals surface area contributed by atoms with E-state index in [1.807, 2.05) is 38.1 Å². The first kappa shape index (κ1) is 27.8. The Kier molecular flexibility index (Phi) is 7.94. The van der Waals surface area contributed by atoms with Gasteiger partial charge >= 0.3 is 0 Å². The molecule has 0 aliphatic carbocycles. The second kappa shape index (κ2) is 10.9. The molecule has 0 atom stereocenters. The van der Waals surface area contributed by atoms with Gasteiger partial charge in [0, 0.05) is 23.1 Å². The zero-order valence-corrected chi connectivity index (χ0v) is 23.7. The van der Waals surface area contributed by atoms with Gasteiger partial charge in [-0.05, 0) is 109 Å². The summed E-state index contributed by atoms with van der Waals surface area (Å²) in [5, 5.41) is 6.35. The second-order valence-corrected chi connectivity index (χ2v) is 13.5. The Labute approximate surface area is 225 Å². The summed E-state index contributed by atoms with van der Waals surface area (Å²) in [6, 6.07) is 10.7. The van der Waals surface area contributed by atoms with E-state index in [0.717, 1.165) is 42.6 Å². The highest BCUT2D eigenvalue weighted by atomic mass is 32.2. The molecule has 204 valence electrons. The number of piperidine rings is 1. The number of aromatic nitrogens is 2. The van der Waals surface area contributed by atoms with Crippen molar-refractivity contribution in [3.05, 3.63) is 65.1 Å². The lowest BCUT2D eigenvalue weighted by Gasteiger charge is -2.29. The number of nitrogens with zero attached hydrogens (tertiary/aromatic N) is 3. The molecule has 1 aromatic heterocycles. The molecule has 4 rings (SSSR count). The summed E-state index contributed by atoms with van der Waals surface area (Å²) < 4.78 is 42.1. The molecular formula is C28H37FN6O2S. The standard InChI is InChI=1S/C28H37FN6O2S/c1-18-7-8-22(16-25(18)34-38(36,37)28(3,4)5)31-26-19(2)17-30-27(33-26)32-21-9-10-23(24(29)15-21)20-11-13-35(6)14-12-20/h7-10,15-17,20,34H,11-14H2,1-6H3,(H2,30,31,32,33). The van der Waals surface area contributed by atoms with Crippen LogP contribution >= 0.6 is 0 Å². The van der Waals surface area contributed by atoms with E-state index in [1.54, 1.807) is 33.0 Å². The molecule has 1 saturated heterocycles. The van der Waals surface area contributed by atoms with Crippen LogP contribution in [0.15, 0.2) is 42.6 Å². The van der Waals surface area contributed by atoms with Crippen molar-refractivity contribution in [3.63, 3.8) is 0 Å². The molecule has 1 aliphatic heterocycles. The highest BCUT2D eigenvalue weighted by molar-refractivity contribution is 7.94. The Hall–Kier alpha value is -3.24. The minimum absolute atomic E-state index is 0.222. The van der Waals surface area contributed by atoms with Gasteiger partial charge in [-0.15, -0.1) is 0 Å². The van der Waals surface area contributed by atoms with Crippen LogP contribution in [0.4, 0.5) is 33.2 Å². The molecule has 3 aromatic rings. The summed E-state index contributed by atoms with van der Waals surface area (Å²) in [6.45, 7) is 10.6. The molecule has 0 radical (unpaired) electrons. The van der Waals surface area contributed by atoms with Crippen molar-refractivity contribution in [2.24, 2.45) is 0 Å². The van der Waals surface area contributed by atoms with Gasteiger partial charge in [-0.2, -0.15) is 4.98 Å². The molecule has 10 heteroatoms. The number of likely N-dealkylation sites (tertiary alicyclic amines) is 1. The van der Waals surface area contributed by atoms with E-state index in [-0.39, 0.29) is 11.7 Å². The van der Waals surface area contributed by atoms with Gasteiger partial charge in [-0.1, -0.05) is 12.1 Å². The van der Waals surface area contributed by atoms with Crippen LogP contribution in [0.5, 0.6) is 0 Å².